The van der Waals surface area contributed by atoms with Crippen molar-refractivity contribution in [2.75, 3.05) is 0 Å². The van der Waals surface area contributed by atoms with Crippen LogP contribution in [-0.4, -0.2) is 4.98 Å². The molecule has 0 aliphatic rings. The monoisotopic (exact) mass is 219 g/mol. The summed E-state index contributed by atoms with van der Waals surface area (Å²) in [4.78, 5) is 3.81. The summed E-state index contributed by atoms with van der Waals surface area (Å²) in [7, 11) is 0. The quantitative estimate of drug-likeness (QED) is 0.611. The molecule has 1 aromatic rings. The lowest BCUT2D eigenvalue weighted by Gasteiger charge is -1.92. The zero-order valence-corrected chi connectivity index (χ0v) is 8.44. The second kappa shape index (κ2) is 5.24. The Bertz CT molecular complexity index is 225. The van der Waals surface area contributed by atoms with E-state index in [0.717, 1.165) is 5.69 Å². The number of aryl methyl sites for hydroxylation is 1. The molecule has 0 spiro atoms. The molecule has 0 aliphatic carbocycles. The third-order valence-corrected chi connectivity index (χ3v) is 1.50. The van der Waals surface area contributed by atoms with Gasteiger partial charge in [0.15, 0.2) is 5.82 Å². The molecule has 0 radical (unpaired) electrons. The number of pyridine rings is 1. The summed E-state index contributed by atoms with van der Waals surface area (Å²) in [6.07, 6.45) is 0. The number of hydrogen-bond donors (Lipinski definition) is 0. The van der Waals surface area contributed by atoms with Gasteiger partial charge in [0.05, 0.1) is 0 Å². The summed E-state index contributed by atoms with van der Waals surface area (Å²) in [5, 5.41) is 0. The molecule has 0 bridgehead atoms. The third-order valence-electron chi connectivity index (χ3n) is 0.942. The molecule has 1 aromatic heterocycles. The molecule has 0 N–H and O–H groups in total. The summed E-state index contributed by atoms with van der Waals surface area (Å²) in [6.45, 7) is 5.81. The Kier molecular flexibility index (Phi) is 5.03. The molecular weight excluding hydrogens is 209 g/mol. The van der Waals surface area contributed by atoms with E-state index in [1.807, 2.05) is 20.8 Å². The van der Waals surface area contributed by atoms with Crippen LogP contribution in [0.4, 0.5) is 4.39 Å². The molecule has 1 heterocycles. The van der Waals surface area contributed by atoms with Crippen molar-refractivity contribution in [3.8, 4) is 0 Å². The standard InChI is InChI=1S/C6H5BrFN.C2H6/c1-4-2-3-5(8)6(7)9-4;1-2/h2-3H,1H3;1-2H3. The molecule has 0 aliphatic heterocycles. The van der Waals surface area contributed by atoms with E-state index >= 15 is 0 Å². The molecule has 0 saturated heterocycles. The van der Waals surface area contributed by atoms with Crippen molar-refractivity contribution >= 4 is 15.9 Å². The van der Waals surface area contributed by atoms with Gasteiger partial charge >= 0.3 is 0 Å². The molecule has 1 nitrogen and oxygen atoms in total. The Morgan fingerprint density at radius 2 is 1.91 bits per heavy atom. The van der Waals surface area contributed by atoms with Gasteiger partial charge in [-0.3, -0.25) is 0 Å². The predicted octanol–water partition coefficient (Wildman–Crippen LogP) is 3.32. The molecule has 0 fully saturated rings. The number of nitrogens with zero attached hydrogens (tertiary/aromatic N) is 1. The summed E-state index contributed by atoms with van der Waals surface area (Å²) in [6, 6.07) is 3.01. The first-order valence-electron chi connectivity index (χ1n) is 3.49. The van der Waals surface area contributed by atoms with Crippen LogP contribution in [0.1, 0.15) is 19.5 Å². The second-order valence-corrected chi connectivity index (χ2v) is 2.48. The first kappa shape index (κ1) is 10.6. The van der Waals surface area contributed by atoms with Gasteiger partial charge in [-0.05, 0) is 35.0 Å². The van der Waals surface area contributed by atoms with E-state index in [2.05, 4.69) is 20.9 Å². The van der Waals surface area contributed by atoms with Crippen molar-refractivity contribution in [3.05, 3.63) is 28.2 Å². The summed E-state index contributed by atoms with van der Waals surface area (Å²) >= 11 is 2.96. The topological polar surface area (TPSA) is 12.9 Å². The molecule has 0 atom stereocenters. The van der Waals surface area contributed by atoms with E-state index in [1.165, 1.54) is 6.07 Å². The largest absolute Gasteiger partial charge is 0.243 e. The Morgan fingerprint density at radius 1 is 1.36 bits per heavy atom. The van der Waals surface area contributed by atoms with Gasteiger partial charge in [-0.25, -0.2) is 9.37 Å². The lowest BCUT2D eigenvalue weighted by molar-refractivity contribution is 0.611. The first-order chi connectivity index (χ1) is 5.20. The Labute approximate surface area is 74.8 Å². The van der Waals surface area contributed by atoms with Crippen LogP contribution in [0.2, 0.25) is 0 Å². The van der Waals surface area contributed by atoms with Gasteiger partial charge < -0.3 is 0 Å². The maximum Gasteiger partial charge on any atom is 0.155 e. The number of hydrogen-bond acceptors (Lipinski definition) is 1. The highest BCUT2D eigenvalue weighted by atomic mass is 79.9. The Balaban J connectivity index is 0.000000461. The van der Waals surface area contributed by atoms with E-state index in [0.29, 0.717) is 0 Å². The minimum absolute atomic E-state index is 0.280. The number of aromatic nitrogens is 1. The van der Waals surface area contributed by atoms with Crippen LogP contribution in [-0.2, 0) is 0 Å². The molecule has 1 rings (SSSR count). The van der Waals surface area contributed by atoms with Crippen LogP contribution in [0.5, 0.6) is 0 Å². The lowest BCUT2D eigenvalue weighted by Crippen LogP contribution is -1.84. The van der Waals surface area contributed by atoms with Crippen molar-refractivity contribution in [1.29, 1.82) is 0 Å². The lowest BCUT2D eigenvalue weighted by atomic mass is 10.4. The van der Waals surface area contributed by atoms with Crippen LogP contribution in [0.3, 0.4) is 0 Å². The number of rotatable bonds is 0. The molecule has 0 amide bonds. The van der Waals surface area contributed by atoms with Gasteiger partial charge in [-0.15, -0.1) is 0 Å². The van der Waals surface area contributed by atoms with Gasteiger partial charge in [0.1, 0.15) is 4.60 Å². The third kappa shape index (κ3) is 3.46. The van der Waals surface area contributed by atoms with E-state index in [4.69, 9.17) is 0 Å². The van der Waals surface area contributed by atoms with Crippen LogP contribution >= 0.6 is 15.9 Å². The Hall–Kier alpha value is -0.440. The van der Waals surface area contributed by atoms with Gasteiger partial charge in [-0.2, -0.15) is 0 Å². The highest BCUT2D eigenvalue weighted by molar-refractivity contribution is 9.10. The molecule has 3 heteroatoms. The Morgan fingerprint density at radius 3 is 2.27 bits per heavy atom. The van der Waals surface area contributed by atoms with Gasteiger partial charge in [-0.1, -0.05) is 13.8 Å². The van der Waals surface area contributed by atoms with E-state index in [-0.39, 0.29) is 10.4 Å². The fourth-order valence-electron chi connectivity index (χ4n) is 0.508. The maximum atomic E-state index is 12.4. The molecule has 62 valence electrons. The van der Waals surface area contributed by atoms with Gasteiger partial charge in [0.2, 0.25) is 0 Å². The van der Waals surface area contributed by atoms with Crippen LogP contribution < -0.4 is 0 Å². The van der Waals surface area contributed by atoms with Crippen molar-refractivity contribution in [2.45, 2.75) is 20.8 Å². The second-order valence-electron chi connectivity index (χ2n) is 1.73. The zero-order chi connectivity index (χ0) is 8.85. The highest BCUT2D eigenvalue weighted by Gasteiger charge is 1.96. The highest BCUT2D eigenvalue weighted by Crippen LogP contribution is 2.11. The molecule has 0 saturated carbocycles. The van der Waals surface area contributed by atoms with Gasteiger partial charge in [0.25, 0.3) is 0 Å². The summed E-state index contributed by atoms with van der Waals surface area (Å²) in [5.74, 6) is -0.319. The molecule has 11 heavy (non-hydrogen) atoms. The van der Waals surface area contributed by atoms with Crippen molar-refractivity contribution in [3.63, 3.8) is 0 Å². The fraction of sp³-hybridized carbons (Fsp3) is 0.375. The van der Waals surface area contributed by atoms with Crippen molar-refractivity contribution in [2.24, 2.45) is 0 Å². The minimum atomic E-state index is -0.319. The fourth-order valence-corrected chi connectivity index (χ4v) is 0.920. The zero-order valence-electron chi connectivity index (χ0n) is 6.86. The SMILES string of the molecule is CC.Cc1ccc(F)c(Br)n1. The van der Waals surface area contributed by atoms with E-state index in [1.54, 1.807) is 6.07 Å². The normalized spacial score (nSPS) is 8.45. The maximum absolute atomic E-state index is 12.4. The molecular formula is C8H11BrFN. The average Bonchev–Trinajstić information content (AvgIpc) is 2.02. The smallest absolute Gasteiger partial charge is 0.155 e. The predicted molar refractivity (Wildman–Crippen MR) is 48.0 cm³/mol. The number of halogens is 2. The minimum Gasteiger partial charge on any atom is -0.243 e. The molecule has 0 unspecified atom stereocenters. The first-order valence-corrected chi connectivity index (χ1v) is 4.28. The summed E-state index contributed by atoms with van der Waals surface area (Å²) in [5.41, 5.74) is 0.809. The molecule has 0 aromatic carbocycles. The van der Waals surface area contributed by atoms with Gasteiger partial charge in [0, 0.05) is 5.69 Å². The van der Waals surface area contributed by atoms with E-state index in [9.17, 15) is 4.39 Å². The summed E-state index contributed by atoms with van der Waals surface area (Å²) < 4.78 is 12.7. The average molecular weight is 220 g/mol. The van der Waals surface area contributed by atoms with Crippen LogP contribution in [0.15, 0.2) is 16.7 Å². The van der Waals surface area contributed by atoms with E-state index < -0.39 is 0 Å². The van der Waals surface area contributed by atoms with Crippen molar-refractivity contribution < 1.29 is 4.39 Å². The van der Waals surface area contributed by atoms with Crippen LogP contribution in [0.25, 0.3) is 0 Å². The van der Waals surface area contributed by atoms with Crippen LogP contribution in [0, 0.1) is 12.7 Å². The van der Waals surface area contributed by atoms with Crippen molar-refractivity contribution in [1.82, 2.24) is 4.98 Å².